The normalized spacial score (nSPS) is 47.2. The number of morpholine rings is 1. The SMILES string of the molecule is CC(=O)N[C@H]1[C@@H]2[C@H]3CCN2C[C@@H]1O3. The molecule has 3 saturated heterocycles. The van der Waals surface area contributed by atoms with Gasteiger partial charge in [-0.15, -0.1) is 0 Å². The lowest BCUT2D eigenvalue weighted by Gasteiger charge is -2.21. The third kappa shape index (κ3) is 0.957. The molecule has 0 aliphatic carbocycles. The Bertz CT molecular complexity index is 242. The minimum atomic E-state index is 0.0630. The van der Waals surface area contributed by atoms with Gasteiger partial charge in [-0.1, -0.05) is 0 Å². The first-order chi connectivity index (χ1) is 6.25. The summed E-state index contributed by atoms with van der Waals surface area (Å²) in [4.78, 5) is 13.4. The van der Waals surface area contributed by atoms with E-state index in [0.717, 1.165) is 19.5 Å². The first kappa shape index (κ1) is 7.76. The van der Waals surface area contributed by atoms with Crippen molar-refractivity contribution in [3.8, 4) is 0 Å². The number of hydrogen-bond acceptors (Lipinski definition) is 3. The highest BCUT2D eigenvalue weighted by molar-refractivity contribution is 5.73. The maximum absolute atomic E-state index is 11.0. The number of carbonyl (C=O) groups is 1. The molecule has 72 valence electrons. The van der Waals surface area contributed by atoms with Gasteiger partial charge in [-0.25, -0.2) is 0 Å². The summed E-state index contributed by atoms with van der Waals surface area (Å²) in [5.41, 5.74) is 0. The van der Waals surface area contributed by atoms with Crippen molar-refractivity contribution in [1.82, 2.24) is 10.2 Å². The highest BCUT2D eigenvalue weighted by Gasteiger charge is 2.57. The molecule has 4 heteroatoms. The predicted molar refractivity (Wildman–Crippen MR) is 46.2 cm³/mol. The molecule has 4 atom stereocenters. The van der Waals surface area contributed by atoms with Crippen molar-refractivity contribution in [3.63, 3.8) is 0 Å². The van der Waals surface area contributed by atoms with Crippen LogP contribution >= 0.6 is 0 Å². The predicted octanol–water partition coefficient (Wildman–Crippen LogP) is -0.654. The second-order valence-electron chi connectivity index (χ2n) is 4.21. The summed E-state index contributed by atoms with van der Waals surface area (Å²) in [7, 11) is 0. The first-order valence-corrected chi connectivity index (χ1v) is 4.92. The topological polar surface area (TPSA) is 41.6 Å². The Morgan fingerprint density at radius 1 is 1.54 bits per heavy atom. The molecule has 3 heterocycles. The Kier molecular flexibility index (Phi) is 1.46. The van der Waals surface area contributed by atoms with Gasteiger partial charge in [-0.05, 0) is 6.42 Å². The van der Waals surface area contributed by atoms with Crippen molar-refractivity contribution >= 4 is 5.91 Å². The molecule has 3 rings (SSSR count). The Morgan fingerprint density at radius 2 is 2.38 bits per heavy atom. The van der Waals surface area contributed by atoms with Gasteiger partial charge in [-0.2, -0.15) is 0 Å². The molecule has 3 fully saturated rings. The monoisotopic (exact) mass is 182 g/mol. The van der Waals surface area contributed by atoms with Crippen LogP contribution in [0.4, 0.5) is 0 Å². The molecule has 0 radical (unpaired) electrons. The lowest BCUT2D eigenvalue weighted by atomic mass is 10.1. The Morgan fingerprint density at radius 3 is 3.08 bits per heavy atom. The van der Waals surface area contributed by atoms with Gasteiger partial charge in [0.15, 0.2) is 0 Å². The summed E-state index contributed by atoms with van der Waals surface area (Å²) < 4.78 is 5.81. The van der Waals surface area contributed by atoms with Gasteiger partial charge in [0.2, 0.25) is 5.91 Å². The van der Waals surface area contributed by atoms with Crippen molar-refractivity contribution in [1.29, 1.82) is 0 Å². The van der Waals surface area contributed by atoms with E-state index in [1.807, 2.05) is 0 Å². The molecule has 2 bridgehead atoms. The zero-order valence-electron chi connectivity index (χ0n) is 7.69. The highest BCUT2D eigenvalue weighted by atomic mass is 16.5. The largest absolute Gasteiger partial charge is 0.370 e. The first-order valence-electron chi connectivity index (χ1n) is 4.92. The smallest absolute Gasteiger partial charge is 0.217 e. The average molecular weight is 182 g/mol. The molecule has 0 aromatic heterocycles. The van der Waals surface area contributed by atoms with E-state index in [4.69, 9.17) is 4.74 Å². The maximum atomic E-state index is 11.0. The Balaban J connectivity index is 1.81. The van der Waals surface area contributed by atoms with Crippen molar-refractivity contribution < 1.29 is 9.53 Å². The van der Waals surface area contributed by atoms with Gasteiger partial charge in [0, 0.05) is 20.0 Å². The maximum Gasteiger partial charge on any atom is 0.217 e. The van der Waals surface area contributed by atoms with E-state index in [1.165, 1.54) is 0 Å². The molecule has 0 aromatic carbocycles. The zero-order valence-corrected chi connectivity index (χ0v) is 7.69. The van der Waals surface area contributed by atoms with Crippen molar-refractivity contribution in [3.05, 3.63) is 0 Å². The number of ether oxygens (including phenoxy) is 1. The molecule has 0 saturated carbocycles. The molecule has 3 aliphatic heterocycles. The van der Waals surface area contributed by atoms with Crippen LogP contribution in [0, 0.1) is 0 Å². The van der Waals surface area contributed by atoms with Crippen LogP contribution in [0.25, 0.3) is 0 Å². The average Bonchev–Trinajstić information content (AvgIpc) is 2.60. The van der Waals surface area contributed by atoms with Crippen molar-refractivity contribution in [2.75, 3.05) is 13.1 Å². The fourth-order valence-electron chi connectivity index (χ4n) is 3.00. The van der Waals surface area contributed by atoms with Crippen LogP contribution < -0.4 is 5.32 Å². The minimum Gasteiger partial charge on any atom is -0.370 e. The van der Waals surface area contributed by atoms with E-state index in [0.29, 0.717) is 12.1 Å². The van der Waals surface area contributed by atoms with Gasteiger partial charge in [-0.3, -0.25) is 9.69 Å². The van der Waals surface area contributed by atoms with Crippen LogP contribution in [0.15, 0.2) is 0 Å². The third-order valence-electron chi connectivity index (χ3n) is 3.41. The summed E-state index contributed by atoms with van der Waals surface area (Å²) >= 11 is 0. The van der Waals surface area contributed by atoms with E-state index < -0.39 is 0 Å². The number of carbonyl (C=O) groups excluding carboxylic acids is 1. The number of nitrogens with one attached hydrogen (secondary N) is 1. The minimum absolute atomic E-state index is 0.0630. The molecule has 0 spiro atoms. The van der Waals surface area contributed by atoms with E-state index in [2.05, 4.69) is 10.2 Å². The molecule has 4 nitrogen and oxygen atoms in total. The second kappa shape index (κ2) is 2.45. The molecular weight excluding hydrogens is 168 g/mol. The van der Waals surface area contributed by atoms with Gasteiger partial charge in [0.05, 0.1) is 24.3 Å². The molecule has 0 aromatic rings. The summed E-state index contributed by atoms with van der Waals surface area (Å²) in [5, 5.41) is 3.00. The van der Waals surface area contributed by atoms with Crippen LogP contribution in [0.5, 0.6) is 0 Å². The van der Waals surface area contributed by atoms with Crippen molar-refractivity contribution in [2.24, 2.45) is 0 Å². The fraction of sp³-hybridized carbons (Fsp3) is 0.889. The number of nitrogens with zero attached hydrogens (tertiary/aromatic N) is 1. The van der Waals surface area contributed by atoms with Crippen LogP contribution in [-0.2, 0) is 9.53 Å². The molecular formula is C9H14N2O2. The third-order valence-corrected chi connectivity index (χ3v) is 3.41. The van der Waals surface area contributed by atoms with Crippen LogP contribution in [0.3, 0.4) is 0 Å². The highest BCUT2D eigenvalue weighted by Crippen LogP contribution is 2.39. The van der Waals surface area contributed by atoms with Crippen molar-refractivity contribution in [2.45, 2.75) is 37.6 Å². The number of hydrogen-bond donors (Lipinski definition) is 1. The van der Waals surface area contributed by atoms with Gasteiger partial charge in [0.25, 0.3) is 0 Å². The molecule has 1 amide bonds. The Labute approximate surface area is 77.2 Å². The lowest BCUT2D eigenvalue weighted by Crippen LogP contribution is -2.44. The summed E-state index contributed by atoms with van der Waals surface area (Å²) in [6.45, 7) is 3.73. The number of amides is 1. The van der Waals surface area contributed by atoms with Gasteiger partial charge < -0.3 is 10.1 Å². The van der Waals surface area contributed by atoms with E-state index >= 15 is 0 Å². The van der Waals surface area contributed by atoms with Crippen LogP contribution in [0.1, 0.15) is 13.3 Å². The van der Waals surface area contributed by atoms with Crippen LogP contribution in [-0.4, -0.2) is 48.2 Å². The molecule has 0 unspecified atom stereocenters. The van der Waals surface area contributed by atoms with Gasteiger partial charge in [0.1, 0.15) is 0 Å². The zero-order chi connectivity index (χ0) is 9.00. The molecule has 13 heavy (non-hydrogen) atoms. The Hall–Kier alpha value is -0.610. The summed E-state index contributed by atoms with van der Waals surface area (Å²) in [6.07, 6.45) is 1.77. The van der Waals surface area contributed by atoms with Gasteiger partial charge >= 0.3 is 0 Å². The number of rotatable bonds is 1. The quantitative estimate of drug-likeness (QED) is 0.585. The fourth-order valence-corrected chi connectivity index (χ4v) is 3.00. The standard InChI is InChI=1S/C9H14N2O2/c1-5(12)10-8-7-4-11-3-2-6(13-7)9(8)11/h6-9H,2-4H2,1H3,(H,10,12)/t6-,7+,8-,9+/m1/s1. The summed E-state index contributed by atoms with van der Waals surface area (Å²) in [6, 6.07) is 0.721. The van der Waals surface area contributed by atoms with E-state index in [1.54, 1.807) is 6.92 Å². The summed E-state index contributed by atoms with van der Waals surface area (Å²) in [5.74, 6) is 0.0630. The molecule has 3 aliphatic rings. The lowest BCUT2D eigenvalue weighted by molar-refractivity contribution is -0.119. The number of fused-ring (bicyclic) bond motifs is 1. The van der Waals surface area contributed by atoms with E-state index in [9.17, 15) is 4.79 Å². The second-order valence-corrected chi connectivity index (χ2v) is 4.21. The van der Waals surface area contributed by atoms with Crippen LogP contribution in [0.2, 0.25) is 0 Å². The van der Waals surface area contributed by atoms with E-state index in [-0.39, 0.29) is 18.1 Å². The molecule has 1 N–H and O–H groups in total.